The van der Waals surface area contributed by atoms with Gasteiger partial charge in [-0.25, -0.2) is 4.79 Å². The quantitative estimate of drug-likeness (QED) is 0.179. The van der Waals surface area contributed by atoms with E-state index in [4.69, 9.17) is 10.4 Å². The van der Waals surface area contributed by atoms with Gasteiger partial charge < -0.3 is 10.0 Å². The van der Waals surface area contributed by atoms with Crippen LogP contribution >= 0.6 is 0 Å². The van der Waals surface area contributed by atoms with Crippen LogP contribution in [-0.4, -0.2) is 21.8 Å². The van der Waals surface area contributed by atoms with Crippen molar-refractivity contribution in [2.24, 2.45) is 0 Å². The third kappa shape index (κ3) is 5.91. The van der Waals surface area contributed by atoms with Gasteiger partial charge in [-0.1, -0.05) is 42.5 Å². The van der Waals surface area contributed by atoms with Crippen molar-refractivity contribution in [3.63, 3.8) is 0 Å². The second-order valence-corrected chi connectivity index (χ2v) is 8.62. The minimum Gasteiger partial charge on any atom is -0.477 e. The van der Waals surface area contributed by atoms with Gasteiger partial charge in [-0.15, -0.1) is 0 Å². The van der Waals surface area contributed by atoms with Crippen LogP contribution < -0.4 is 9.96 Å². The number of hydrogen-bond acceptors (Lipinski definition) is 5. The highest BCUT2D eigenvalue weighted by atomic mass is 16.5. The Morgan fingerprint density at radius 3 is 1.85 bits per heavy atom. The second kappa shape index (κ2) is 10.5. The van der Waals surface area contributed by atoms with Crippen LogP contribution in [0.4, 0.5) is 22.7 Å². The first kappa shape index (κ1) is 24.3. The number of aliphatic carboxylic acids is 1. The van der Waals surface area contributed by atoms with Gasteiger partial charge in [0.1, 0.15) is 11.6 Å². The number of hydroxylamine groups is 1. The number of carboxylic acids is 1. The van der Waals surface area contributed by atoms with E-state index in [0.29, 0.717) is 5.69 Å². The number of nitriles is 1. The van der Waals surface area contributed by atoms with Crippen LogP contribution in [0.2, 0.25) is 0 Å². The number of carbonyl (C=O) groups is 1. The maximum Gasteiger partial charge on any atom is 0.346 e. The normalized spacial score (nSPS) is 11.8. The predicted octanol–water partition coefficient (Wildman–Crippen LogP) is 6.70. The third-order valence-corrected chi connectivity index (χ3v) is 5.06. The van der Waals surface area contributed by atoms with Crippen LogP contribution in [0.3, 0.4) is 0 Å². The first-order valence-corrected chi connectivity index (χ1v) is 10.8. The number of hydrogen-bond donors (Lipinski definition) is 2. The molecule has 0 saturated carbocycles. The highest BCUT2D eigenvalue weighted by Gasteiger charge is 2.20. The molecule has 0 heterocycles. The number of benzene rings is 3. The summed E-state index contributed by atoms with van der Waals surface area (Å²) in [4.78, 5) is 13.0. The Morgan fingerprint density at radius 2 is 1.35 bits per heavy atom. The molecule has 0 atom stereocenters. The monoisotopic (exact) mass is 453 g/mol. The molecule has 0 spiro atoms. The maximum atomic E-state index is 10.9. The van der Waals surface area contributed by atoms with Crippen molar-refractivity contribution in [3.05, 3.63) is 102 Å². The number of rotatable bonds is 7. The zero-order valence-corrected chi connectivity index (χ0v) is 19.4. The van der Waals surface area contributed by atoms with Crippen LogP contribution in [0.1, 0.15) is 26.3 Å². The topological polar surface area (TPSA) is 87.8 Å². The summed E-state index contributed by atoms with van der Waals surface area (Å²) < 4.78 is 0. The first-order valence-electron chi connectivity index (χ1n) is 10.8. The molecule has 2 N–H and O–H groups in total. The molecule has 6 nitrogen and oxygen atoms in total. The standard InChI is InChI=1S/C28H27N3O3/c1-28(2,3)31(34)26-18-16-25(17-19-26)30(23-10-5-4-6-11-23)24-14-12-21(13-15-24)8-7-9-22(20-29)27(32)33/h4-19,34H,1-3H3,(H,32,33)/b8-7+,22-9+. The minimum atomic E-state index is -1.25. The van der Waals surface area contributed by atoms with Crippen molar-refractivity contribution in [1.82, 2.24) is 0 Å². The molecule has 172 valence electrons. The summed E-state index contributed by atoms with van der Waals surface area (Å²) in [6.45, 7) is 5.81. The average Bonchev–Trinajstić information content (AvgIpc) is 2.83. The zero-order valence-electron chi connectivity index (χ0n) is 19.4. The molecule has 3 rings (SSSR count). The van der Waals surface area contributed by atoms with Crippen molar-refractivity contribution in [2.75, 3.05) is 9.96 Å². The van der Waals surface area contributed by atoms with E-state index in [9.17, 15) is 10.0 Å². The van der Waals surface area contributed by atoms with Gasteiger partial charge in [0.05, 0.1) is 11.2 Å². The highest BCUT2D eigenvalue weighted by Crippen LogP contribution is 2.35. The summed E-state index contributed by atoms with van der Waals surface area (Å²) in [5.74, 6) is -1.25. The van der Waals surface area contributed by atoms with Crippen LogP contribution in [-0.2, 0) is 4.79 Å². The van der Waals surface area contributed by atoms with E-state index in [1.54, 1.807) is 18.2 Å². The van der Waals surface area contributed by atoms with Gasteiger partial charge in [-0.2, -0.15) is 5.26 Å². The molecule has 3 aromatic carbocycles. The number of anilines is 4. The Hall–Kier alpha value is -4.34. The lowest BCUT2D eigenvalue weighted by molar-refractivity contribution is -0.132. The van der Waals surface area contributed by atoms with Gasteiger partial charge >= 0.3 is 5.97 Å². The van der Waals surface area contributed by atoms with E-state index in [-0.39, 0.29) is 5.57 Å². The molecule has 3 aromatic rings. The van der Waals surface area contributed by atoms with Crippen LogP contribution in [0, 0.1) is 11.3 Å². The molecule has 0 aliphatic heterocycles. The van der Waals surface area contributed by atoms with Crippen molar-refractivity contribution in [2.45, 2.75) is 26.3 Å². The van der Waals surface area contributed by atoms with Gasteiger partial charge in [0.25, 0.3) is 0 Å². The summed E-state index contributed by atoms with van der Waals surface area (Å²) in [5, 5.41) is 29.5. The SMILES string of the molecule is CC(C)(C)N(O)c1ccc(N(c2ccccc2)c2ccc(/C=C/C=C(\C#N)C(=O)O)cc2)cc1. The largest absolute Gasteiger partial charge is 0.477 e. The first-order chi connectivity index (χ1) is 16.2. The van der Waals surface area contributed by atoms with Gasteiger partial charge in [0.15, 0.2) is 0 Å². The highest BCUT2D eigenvalue weighted by molar-refractivity contribution is 5.91. The number of allylic oxidation sites excluding steroid dienone is 2. The van der Waals surface area contributed by atoms with E-state index in [2.05, 4.69) is 4.90 Å². The molecule has 0 amide bonds. The van der Waals surface area contributed by atoms with E-state index < -0.39 is 11.5 Å². The molecular weight excluding hydrogens is 426 g/mol. The predicted molar refractivity (Wildman–Crippen MR) is 136 cm³/mol. The average molecular weight is 454 g/mol. The van der Waals surface area contributed by atoms with Crippen molar-refractivity contribution < 1.29 is 15.1 Å². The number of carboxylic acid groups (broad SMARTS) is 1. The summed E-state index contributed by atoms with van der Waals surface area (Å²) in [6, 6.07) is 27.1. The van der Waals surface area contributed by atoms with E-state index in [0.717, 1.165) is 22.6 Å². The Bertz CT molecular complexity index is 1220. The molecule has 0 unspecified atom stereocenters. The second-order valence-electron chi connectivity index (χ2n) is 8.62. The fourth-order valence-corrected chi connectivity index (χ4v) is 3.30. The lowest BCUT2D eigenvalue weighted by Crippen LogP contribution is -2.38. The van der Waals surface area contributed by atoms with Crippen molar-refractivity contribution >= 4 is 34.8 Å². The lowest BCUT2D eigenvalue weighted by atomic mass is 10.1. The molecule has 0 radical (unpaired) electrons. The minimum absolute atomic E-state index is 0.320. The van der Waals surface area contributed by atoms with Gasteiger partial charge in [-0.05, 0) is 80.9 Å². The Labute approximate surface area is 199 Å². The maximum absolute atomic E-state index is 10.9. The van der Waals surface area contributed by atoms with Crippen LogP contribution in [0.25, 0.3) is 6.08 Å². The Morgan fingerprint density at radius 1 is 0.853 bits per heavy atom. The molecule has 34 heavy (non-hydrogen) atoms. The van der Waals surface area contributed by atoms with E-state index in [1.165, 1.54) is 11.1 Å². The molecular formula is C28H27N3O3. The van der Waals surface area contributed by atoms with Crippen molar-refractivity contribution in [1.29, 1.82) is 5.26 Å². The molecule has 0 aliphatic rings. The summed E-state index contributed by atoms with van der Waals surface area (Å²) >= 11 is 0. The Balaban J connectivity index is 1.92. The molecule has 0 saturated heterocycles. The molecule has 0 fully saturated rings. The Kier molecular flexibility index (Phi) is 7.52. The lowest BCUT2D eigenvalue weighted by Gasteiger charge is -2.32. The fourth-order valence-electron chi connectivity index (χ4n) is 3.30. The van der Waals surface area contributed by atoms with E-state index >= 15 is 0 Å². The van der Waals surface area contributed by atoms with Crippen LogP contribution in [0.15, 0.2) is 96.6 Å². The van der Waals surface area contributed by atoms with Crippen molar-refractivity contribution in [3.8, 4) is 6.07 Å². The smallest absolute Gasteiger partial charge is 0.346 e. The fraction of sp³-hybridized carbons (Fsp3) is 0.143. The number of para-hydroxylation sites is 1. The van der Waals surface area contributed by atoms with Crippen LogP contribution in [0.5, 0.6) is 0 Å². The summed E-state index contributed by atoms with van der Waals surface area (Å²) in [6.07, 6.45) is 4.56. The molecule has 6 heteroatoms. The summed E-state index contributed by atoms with van der Waals surface area (Å²) in [7, 11) is 0. The molecule has 0 aromatic heterocycles. The van der Waals surface area contributed by atoms with Gasteiger partial charge in [-0.3, -0.25) is 10.3 Å². The zero-order chi connectivity index (χ0) is 24.7. The summed E-state index contributed by atoms with van der Waals surface area (Å²) in [5.41, 5.74) is 3.69. The van der Waals surface area contributed by atoms with Gasteiger partial charge in [0, 0.05) is 17.1 Å². The third-order valence-electron chi connectivity index (χ3n) is 5.06. The molecule has 0 bridgehead atoms. The molecule has 0 aliphatic carbocycles. The number of nitrogens with zero attached hydrogens (tertiary/aromatic N) is 3. The van der Waals surface area contributed by atoms with Gasteiger partial charge in [0.2, 0.25) is 0 Å². The van der Waals surface area contributed by atoms with E-state index in [1.807, 2.05) is 99.6 Å².